The molecule has 1 aromatic heterocycles. The maximum atomic E-state index is 5.76. The summed E-state index contributed by atoms with van der Waals surface area (Å²) in [5, 5.41) is 8.06. The minimum atomic E-state index is 0.284. The Balaban J connectivity index is 1.94. The van der Waals surface area contributed by atoms with Gasteiger partial charge in [0, 0.05) is 0 Å². The fourth-order valence-corrected chi connectivity index (χ4v) is 1.75. The molecule has 0 bridgehead atoms. The van der Waals surface area contributed by atoms with E-state index in [1.165, 1.54) is 5.56 Å². The van der Waals surface area contributed by atoms with E-state index >= 15 is 0 Å². The van der Waals surface area contributed by atoms with Gasteiger partial charge < -0.3 is 9.47 Å². The highest BCUT2D eigenvalue weighted by atomic mass is 16.6. The number of aryl methyl sites for hydroxylation is 1. The van der Waals surface area contributed by atoms with Crippen LogP contribution in [0.15, 0.2) is 18.3 Å². The van der Waals surface area contributed by atoms with Crippen LogP contribution in [0.1, 0.15) is 12.5 Å². The molecule has 1 unspecified atom stereocenters. The first-order valence-electron chi connectivity index (χ1n) is 5.57. The predicted molar refractivity (Wildman–Crippen MR) is 60.7 cm³/mol. The molecule has 2 heterocycles. The van der Waals surface area contributed by atoms with E-state index in [0.29, 0.717) is 6.61 Å². The monoisotopic (exact) mass is 218 g/mol. The minimum Gasteiger partial charge on any atom is -0.490 e. The maximum Gasteiger partial charge on any atom is 0.130 e. The lowest BCUT2D eigenvalue weighted by atomic mass is 10.1. The fraction of sp³-hybridized carbons (Fsp3) is 0.417. The summed E-state index contributed by atoms with van der Waals surface area (Å²) < 4.78 is 10.9. The Labute approximate surface area is 93.6 Å². The smallest absolute Gasteiger partial charge is 0.130 e. The van der Waals surface area contributed by atoms with Gasteiger partial charge in [-0.1, -0.05) is 6.92 Å². The highest BCUT2D eigenvalue weighted by molar-refractivity contribution is 5.85. The summed E-state index contributed by atoms with van der Waals surface area (Å²) >= 11 is 0. The van der Waals surface area contributed by atoms with Crippen LogP contribution in [0.4, 0.5) is 0 Å². The molecule has 1 aliphatic heterocycles. The molecule has 0 aliphatic carbocycles. The minimum absolute atomic E-state index is 0.284. The van der Waals surface area contributed by atoms with Gasteiger partial charge in [-0.2, -0.15) is 5.10 Å². The number of aromatic amines is 1. The molecule has 84 valence electrons. The van der Waals surface area contributed by atoms with Gasteiger partial charge in [-0.15, -0.1) is 0 Å². The zero-order valence-corrected chi connectivity index (χ0v) is 9.19. The summed E-state index contributed by atoms with van der Waals surface area (Å²) in [4.78, 5) is 0. The summed E-state index contributed by atoms with van der Waals surface area (Å²) in [6.45, 7) is 3.58. The van der Waals surface area contributed by atoms with Gasteiger partial charge in [0.2, 0.25) is 0 Å². The van der Waals surface area contributed by atoms with Crippen LogP contribution in [-0.2, 0) is 11.2 Å². The lowest BCUT2D eigenvalue weighted by Gasteiger charge is -2.07. The topological polar surface area (TPSA) is 50.4 Å². The third-order valence-electron chi connectivity index (χ3n) is 2.82. The molecule has 16 heavy (non-hydrogen) atoms. The Morgan fingerprint density at radius 3 is 3.19 bits per heavy atom. The molecule has 0 amide bonds. The van der Waals surface area contributed by atoms with Crippen molar-refractivity contribution in [2.45, 2.75) is 19.4 Å². The summed E-state index contributed by atoms with van der Waals surface area (Å²) in [5.41, 5.74) is 2.29. The van der Waals surface area contributed by atoms with Crippen LogP contribution in [0.5, 0.6) is 5.75 Å². The van der Waals surface area contributed by atoms with E-state index in [2.05, 4.69) is 29.3 Å². The van der Waals surface area contributed by atoms with E-state index in [-0.39, 0.29) is 6.10 Å². The van der Waals surface area contributed by atoms with Gasteiger partial charge in [0.15, 0.2) is 0 Å². The second-order valence-corrected chi connectivity index (χ2v) is 4.05. The molecule has 0 saturated carbocycles. The number of epoxide rings is 1. The Hall–Kier alpha value is -1.55. The number of fused-ring (bicyclic) bond motifs is 1. The van der Waals surface area contributed by atoms with Crippen LogP contribution >= 0.6 is 0 Å². The highest BCUT2D eigenvalue weighted by Crippen LogP contribution is 2.27. The van der Waals surface area contributed by atoms with E-state index in [1.807, 2.05) is 0 Å². The number of nitrogens with zero attached hydrogens (tertiary/aromatic N) is 1. The second kappa shape index (κ2) is 3.79. The van der Waals surface area contributed by atoms with Crippen molar-refractivity contribution >= 4 is 10.9 Å². The quantitative estimate of drug-likeness (QED) is 0.797. The summed E-state index contributed by atoms with van der Waals surface area (Å²) in [5.74, 6) is 0.901. The highest BCUT2D eigenvalue weighted by Gasteiger charge is 2.23. The number of aromatic nitrogens is 2. The van der Waals surface area contributed by atoms with Crippen molar-refractivity contribution in [2.75, 3.05) is 13.2 Å². The van der Waals surface area contributed by atoms with Crippen LogP contribution in [0.3, 0.4) is 0 Å². The largest absolute Gasteiger partial charge is 0.490 e. The molecule has 4 heteroatoms. The molecule has 1 N–H and O–H groups in total. The van der Waals surface area contributed by atoms with Crippen LogP contribution in [0.2, 0.25) is 0 Å². The zero-order valence-electron chi connectivity index (χ0n) is 9.19. The van der Waals surface area contributed by atoms with Crippen molar-refractivity contribution in [3.63, 3.8) is 0 Å². The first-order chi connectivity index (χ1) is 7.86. The second-order valence-electron chi connectivity index (χ2n) is 4.05. The standard InChI is InChI=1S/C12H14N2O2/c1-2-8-3-11-10(5-13-14-11)12(4-8)16-7-9-6-15-9/h3-5,9H,2,6-7H2,1H3,(H,13,14). The number of hydrogen-bond donors (Lipinski definition) is 1. The molecule has 1 aliphatic rings. The van der Waals surface area contributed by atoms with Crippen LogP contribution in [-0.4, -0.2) is 29.5 Å². The van der Waals surface area contributed by atoms with Crippen LogP contribution in [0, 0.1) is 0 Å². The maximum absolute atomic E-state index is 5.76. The molecule has 1 fully saturated rings. The molecule has 0 spiro atoms. The van der Waals surface area contributed by atoms with Gasteiger partial charge in [-0.25, -0.2) is 0 Å². The SMILES string of the molecule is CCc1cc(OCC2CO2)c2cn[nH]c2c1. The lowest BCUT2D eigenvalue weighted by molar-refractivity contribution is 0.265. The number of rotatable bonds is 4. The number of H-pyrrole nitrogens is 1. The van der Waals surface area contributed by atoms with Crippen molar-refractivity contribution in [1.29, 1.82) is 0 Å². The fourth-order valence-electron chi connectivity index (χ4n) is 1.75. The molecule has 2 aromatic rings. The summed E-state index contributed by atoms with van der Waals surface area (Å²) in [6, 6.07) is 4.20. The molecule has 4 nitrogen and oxygen atoms in total. The van der Waals surface area contributed by atoms with E-state index in [0.717, 1.165) is 29.7 Å². The van der Waals surface area contributed by atoms with Crippen molar-refractivity contribution in [3.8, 4) is 5.75 Å². The van der Waals surface area contributed by atoms with E-state index in [4.69, 9.17) is 9.47 Å². The average molecular weight is 218 g/mol. The number of benzene rings is 1. The number of nitrogens with one attached hydrogen (secondary N) is 1. The van der Waals surface area contributed by atoms with Gasteiger partial charge in [-0.05, 0) is 24.1 Å². The van der Waals surface area contributed by atoms with E-state index in [9.17, 15) is 0 Å². The van der Waals surface area contributed by atoms with Crippen molar-refractivity contribution < 1.29 is 9.47 Å². The van der Waals surface area contributed by atoms with Crippen molar-refractivity contribution in [1.82, 2.24) is 10.2 Å². The van der Waals surface area contributed by atoms with Gasteiger partial charge in [0.25, 0.3) is 0 Å². The van der Waals surface area contributed by atoms with E-state index in [1.54, 1.807) is 6.20 Å². The van der Waals surface area contributed by atoms with Gasteiger partial charge in [-0.3, -0.25) is 5.10 Å². The first-order valence-corrected chi connectivity index (χ1v) is 5.57. The molecule has 1 atom stereocenters. The summed E-state index contributed by atoms with van der Waals surface area (Å²) in [6.07, 6.45) is 3.08. The Morgan fingerprint density at radius 2 is 2.44 bits per heavy atom. The molecule has 3 rings (SSSR count). The van der Waals surface area contributed by atoms with Gasteiger partial charge in [0.1, 0.15) is 18.5 Å². The Morgan fingerprint density at radius 1 is 1.56 bits per heavy atom. The molecular formula is C12H14N2O2. The van der Waals surface area contributed by atoms with Gasteiger partial charge >= 0.3 is 0 Å². The third kappa shape index (κ3) is 1.76. The Kier molecular flexibility index (Phi) is 2.29. The van der Waals surface area contributed by atoms with Crippen LogP contribution < -0.4 is 4.74 Å². The lowest BCUT2D eigenvalue weighted by Crippen LogP contribution is -2.04. The number of ether oxygens (including phenoxy) is 2. The van der Waals surface area contributed by atoms with Crippen LogP contribution in [0.25, 0.3) is 10.9 Å². The van der Waals surface area contributed by atoms with Crippen molar-refractivity contribution in [2.24, 2.45) is 0 Å². The normalized spacial score (nSPS) is 18.9. The molecule has 1 saturated heterocycles. The Bertz CT molecular complexity index is 503. The summed E-state index contributed by atoms with van der Waals surface area (Å²) in [7, 11) is 0. The van der Waals surface area contributed by atoms with E-state index < -0.39 is 0 Å². The van der Waals surface area contributed by atoms with Gasteiger partial charge in [0.05, 0.1) is 23.7 Å². The molecule has 1 aromatic carbocycles. The molecular weight excluding hydrogens is 204 g/mol. The average Bonchev–Trinajstić information content (AvgIpc) is 3.02. The number of hydrogen-bond acceptors (Lipinski definition) is 3. The third-order valence-corrected chi connectivity index (χ3v) is 2.82. The molecule has 0 radical (unpaired) electrons. The first kappa shape index (κ1) is 9.66. The zero-order chi connectivity index (χ0) is 11.0. The van der Waals surface area contributed by atoms with Crippen molar-refractivity contribution in [3.05, 3.63) is 23.9 Å². The predicted octanol–water partition coefficient (Wildman–Crippen LogP) is 1.90.